The standard InChI is InChI=1S/C24H32N2O3/c1-6-29-20(27)14-17(5)24(28)26-23(18-10-8-7-9-11-18)21-16(4)12-13-19(15(2)3)22(21)25-26/h7-11,15-17,19H,6,12-14H2,1-5H3/t16-,17+,19+/m1/s1. The van der Waals surface area contributed by atoms with Gasteiger partial charge in [0.05, 0.1) is 24.4 Å². The number of hydrogen-bond donors (Lipinski definition) is 0. The van der Waals surface area contributed by atoms with Crippen LogP contribution in [-0.4, -0.2) is 28.3 Å². The normalized spacial score (nSPS) is 19.7. The van der Waals surface area contributed by atoms with Gasteiger partial charge in [0, 0.05) is 23.0 Å². The summed E-state index contributed by atoms with van der Waals surface area (Å²) < 4.78 is 6.61. The van der Waals surface area contributed by atoms with Gasteiger partial charge in [0.2, 0.25) is 0 Å². The van der Waals surface area contributed by atoms with Gasteiger partial charge in [-0.1, -0.05) is 58.0 Å². The molecule has 1 aliphatic carbocycles. The lowest BCUT2D eigenvalue weighted by molar-refractivity contribution is -0.143. The van der Waals surface area contributed by atoms with Crippen LogP contribution >= 0.6 is 0 Å². The smallest absolute Gasteiger partial charge is 0.306 e. The van der Waals surface area contributed by atoms with E-state index in [1.165, 1.54) is 5.56 Å². The molecular weight excluding hydrogens is 364 g/mol. The Bertz CT molecular complexity index is 870. The third-order valence-corrected chi connectivity index (χ3v) is 5.97. The van der Waals surface area contributed by atoms with Crippen molar-refractivity contribution in [1.29, 1.82) is 0 Å². The Morgan fingerprint density at radius 1 is 1.17 bits per heavy atom. The Morgan fingerprint density at radius 3 is 2.48 bits per heavy atom. The lowest BCUT2D eigenvalue weighted by Crippen LogP contribution is -2.24. The summed E-state index contributed by atoms with van der Waals surface area (Å²) in [5.74, 6) is 0.155. The largest absolute Gasteiger partial charge is 0.466 e. The quantitative estimate of drug-likeness (QED) is 0.612. The molecule has 0 amide bonds. The summed E-state index contributed by atoms with van der Waals surface area (Å²) >= 11 is 0. The van der Waals surface area contributed by atoms with Crippen molar-refractivity contribution in [2.24, 2.45) is 11.8 Å². The highest BCUT2D eigenvalue weighted by Crippen LogP contribution is 2.46. The van der Waals surface area contributed by atoms with Crippen LogP contribution in [-0.2, 0) is 9.53 Å². The lowest BCUT2D eigenvalue weighted by Gasteiger charge is -2.28. The van der Waals surface area contributed by atoms with E-state index in [0.29, 0.717) is 24.4 Å². The van der Waals surface area contributed by atoms with Gasteiger partial charge >= 0.3 is 5.97 Å². The van der Waals surface area contributed by atoms with E-state index in [0.717, 1.165) is 29.8 Å². The van der Waals surface area contributed by atoms with E-state index >= 15 is 0 Å². The molecule has 5 heteroatoms. The zero-order valence-corrected chi connectivity index (χ0v) is 18.1. The number of rotatable bonds is 6. The van der Waals surface area contributed by atoms with Crippen LogP contribution in [0.15, 0.2) is 30.3 Å². The number of nitrogens with zero attached hydrogens (tertiary/aromatic N) is 2. The molecule has 0 fully saturated rings. The summed E-state index contributed by atoms with van der Waals surface area (Å²) in [5, 5.41) is 4.87. The van der Waals surface area contributed by atoms with Crippen LogP contribution in [0.5, 0.6) is 0 Å². The van der Waals surface area contributed by atoms with Crippen LogP contribution in [0.3, 0.4) is 0 Å². The van der Waals surface area contributed by atoms with Crippen LogP contribution in [0.4, 0.5) is 0 Å². The summed E-state index contributed by atoms with van der Waals surface area (Å²) in [5.41, 5.74) is 4.13. The number of hydrogen-bond acceptors (Lipinski definition) is 4. The van der Waals surface area contributed by atoms with Crippen molar-refractivity contribution in [2.45, 2.75) is 65.7 Å². The number of benzene rings is 1. The van der Waals surface area contributed by atoms with Crippen LogP contribution in [0.2, 0.25) is 0 Å². The highest BCUT2D eigenvalue weighted by molar-refractivity contribution is 5.89. The summed E-state index contributed by atoms with van der Waals surface area (Å²) in [7, 11) is 0. The van der Waals surface area contributed by atoms with Gasteiger partial charge in [-0.2, -0.15) is 9.78 Å². The molecule has 0 saturated carbocycles. The molecule has 0 N–H and O–H groups in total. The molecule has 3 atom stereocenters. The predicted molar refractivity (Wildman–Crippen MR) is 114 cm³/mol. The molecule has 1 aliphatic rings. The summed E-state index contributed by atoms with van der Waals surface area (Å²) in [4.78, 5) is 25.3. The molecular formula is C24H32N2O3. The Hall–Kier alpha value is -2.43. The Kier molecular flexibility index (Phi) is 6.56. The molecule has 0 radical (unpaired) electrons. The van der Waals surface area contributed by atoms with E-state index < -0.39 is 5.92 Å². The molecule has 0 aliphatic heterocycles. The minimum atomic E-state index is -0.495. The zero-order valence-electron chi connectivity index (χ0n) is 18.1. The molecule has 0 bridgehead atoms. The predicted octanol–water partition coefficient (Wildman–Crippen LogP) is 5.42. The second-order valence-electron chi connectivity index (χ2n) is 8.50. The molecule has 1 aromatic carbocycles. The number of esters is 1. The fraction of sp³-hybridized carbons (Fsp3) is 0.542. The maximum absolute atomic E-state index is 13.4. The van der Waals surface area contributed by atoms with Crippen LogP contribution in [0.1, 0.15) is 81.8 Å². The van der Waals surface area contributed by atoms with Crippen molar-refractivity contribution in [3.63, 3.8) is 0 Å². The summed E-state index contributed by atoms with van der Waals surface area (Å²) in [6.07, 6.45) is 2.24. The SMILES string of the molecule is CCOC(=O)C[C@H](C)C(=O)n1nc2c(c1-c1ccccc1)[C@H](C)CC[C@H]2C(C)C. The van der Waals surface area contributed by atoms with Gasteiger partial charge in [-0.15, -0.1) is 0 Å². The van der Waals surface area contributed by atoms with Crippen LogP contribution in [0.25, 0.3) is 11.3 Å². The number of ether oxygens (including phenoxy) is 1. The molecule has 1 heterocycles. The molecule has 0 spiro atoms. The van der Waals surface area contributed by atoms with Crippen molar-refractivity contribution < 1.29 is 14.3 Å². The van der Waals surface area contributed by atoms with Gasteiger partial charge in [-0.05, 0) is 31.6 Å². The molecule has 156 valence electrons. The molecule has 1 aromatic heterocycles. The van der Waals surface area contributed by atoms with E-state index in [9.17, 15) is 9.59 Å². The van der Waals surface area contributed by atoms with Gasteiger partial charge < -0.3 is 4.74 Å². The highest BCUT2D eigenvalue weighted by Gasteiger charge is 2.36. The number of carbonyl (C=O) groups excluding carboxylic acids is 2. The first-order valence-electron chi connectivity index (χ1n) is 10.7. The Balaban J connectivity index is 2.10. The van der Waals surface area contributed by atoms with E-state index in [-0.39, 0.29) is 18.3 Å². The second kappa shape index (κ2) is 8.93. The third kappa shape index (κ3) is 4.29. The average Bonchev–Trinajstić information content (AvgIpc) is 3.09. The monoisotopic (exact) mass is 396 g/mol. The van der Waals surface area contributed by atoms with Gasteiger partial charge in [0.1, 0.15) is 0 Å². The summed E-state index contributed by atoms with van der Waals surface area (Å²) in [6, 6.07) is 10.0. The zero-order chi connectivity index (χ0) is 21.1. The second-order valence-corrected chi connectivity index (χ2v) is 8.50. The molecule has 5 nitrogen and oxygen atoms in total. The van der Waals surface area contributed by atoms with E-state index in [2.05, 4.69) is 20.8 Å². The van der Waals surface area contributed by atoms with Crippen LogP contribution in [0, 0.1) is 11.8 Å². The minimum Gasteiger partial charge on any atom is -0.466 e. The van der Waals surface area contributed by atoms with Crippen molar-refractivity contribution >= 4 is 11.9 Å². The first kappa shape index (κ1) is 21.3. The highest BCUT2D eigenvalue weighted by atomic mass is 16.5. The molecule has 29 heavy (non-hydrogen) atoms. The first-order chi connectivity index (χ1) is 13.8. The molecule has 0 unspecified atom stereocenters. The maximum Gasteiger partial charge on any atom is 0.306 e. The Morgan fingerprint density at radius 2 is 1.86 bits per heavy atom. The average molecular weight is 397 g/mol. The third-order valence-electron chi connectivity index (χ3n) is 5.97. The number of carbonyl (C=O) groups is 2. The van der Waals surface area contributed by atoms with Gasteiger partial charge in [0.25, 0.3) is 5.91 Å². The van der Waals surface area contributed by atoms with Crippen LogP contribution < -0.4 is 0 Å². The van der Waals surface area contributed by atoms with Crippen molar-refractivity contribution in [3.05, 3.63) is 41.6 Å². The van der Waals surface area contributed by atoms with Gasteiger partial charge in [-0.25, -0.2) is 0 Å². The minimum absolute atomic E-state index is 0.0641. The van der Waals surface area contributed by atoms with Gasteiger partial charge in [0.15, 0.2) is 0 Å². The van der Waals surface area contributed by atoms with Crippen molar-refractivity contribution in [2.75, 3.05) is 6.61 Å². The van der Waals surface area contributed by atoms with Gasteiger partial charge in [-0.3, -0.25) is 9.59 Å². The fourth-order valence-corrected chi connectivity index (χ4v) is 4.37. The van der Waals surface area contributed by atoms with E-state index in [1.807, 2.05) is 30.3 Å². The number of aromatic nitrogens is 2. The molecule has 3 rings (SSSR count). The fourth-order valence-electron chi connectivity index (χ4n) is 4.37. The maximum atomic E-state index is 13.4. The Labute approximate surface area is 173 Å². The lowest BCUT2D eigenvalue weighted by atomic mass is 9.75. The van der Waals surface area contributed by atoms with E-state index in [1.54, 1.807) is 18.5 Å². The molecule has 2 aromatic rings. The topological polar surface area (TPSA) is 61.2 Å². The summed E-state index contributed by atoms with van der Waals surface area (Å²) in [6.45, 7) is 10.5. The van der Waals surface area contributed by atoms with Crippen molar-refractivity contribution in [3.8, 4) is 11.3 Å². The first-order valence-corrected chi connectivity index (χ1v) is 10.7. The number of fused-ring (bicyclic) bond motifs is 1. The van der Waals surface area contributed by atoms with Crippen molar-refractivity contribution in [1.82, 2.24) is 9.78 Å². The molecule has 0 saturated heterocycles. The van der Waals surface area contributed by atoms with E-state index in [4.69, 9.17) is 9.84 Å².